The molecule has 3 rings (SSSR count). The van der Waals surface area contributed by atoms with Gasteiger partial charge in [0.2, 0.25) is 5.91 Å². The summed E-state index contributed by atoms with van der Waals surface area (Å²) < 4.78 is 16.2. The number of likely N-dealkylation sites (N-methyl/N-ethyl adjacent to an activating group) is 1. The second kappa shape index (κ2) is 14.6. The molecule has 2 amide bonds. The number of rotatable bonds is 12. The topological polar surface area (TPSA) is 149 Å². The maximum absolute atomic E-state index is 13.6. The number of fused-ring (bicyclic) bond motifs is 3. The van der Waals surface area contributed by atoms with E-state index in [1.165, 1.54) is 7.05 Å². The summed E-state index contributed by atoms with van der Waals surface area (Å²) in [5.41, 5.74) is 2.62. The molecule has 0 bridgehead atoms. The minimum Gasteiger partial charge on any atom is -0.480 e. The summed E-state index contributed by atoms with van der Waals surface area (Å²) in [4.78, 5) is 64.5. The van der Waals surface area contributed by atoms with Gasteiger partial charge in [0.05, 0.1) is 0 Å². The maximum atomic E-state index is 13.6. The van der Waals surface area contributed by atoms with E-state index in [1.54, 1.807) is 41.5 Å². The molecular formula is C34H44N2O9. The number of nitrogens with one attached hydrogen (secondary N) is 1. The van der Waals surface area contributed by atoms with Crippen LogP contribution in [0.4, 0.5) is 4.79 Å². The zero-order chi connectivity index (χ0) is 33.5. The Hall–Kier alpha value is -4.41. The van der Waals surface area contributed by atoms with Crippen molar-refractivity contribution in [3.8, 4) is 11.1 Å². The fourth-order valence-electron chi connectivity index (χ4n) is 5.22. The Labute approximate surface area is 264 Å². The smallest absolute Gasteiger partial charge is 0.407 e. The van der Waals surface area contributed by atoms with Crippen molar-refractivity contribution in [2.75, 3.05) is 13.7 Å². The van der Waals surface area contributed by atoms with Crippen LogP contribution in [-0.2, 0) is 33.4 Å². The first-order valence-corrected chi connectivity index (χ1v) is 15.0. The third kappa shape index (κ3) is 10.1. The van der Waals surface area contributed by atoms with Crippen LogP contribution in [0.2, 0.25) is 0 Å². The zero-order valence-electron chi connectivity index (χ0n) is 27.0. The average molecular weight is 625 g/mol. The van der Waals surface area contributed by atoms with Gasteiger partial charge in [0.1, 0.15) is 29.9 Å². The second-order valence-corrected chi connectivity index (χ2v) is 13.1. The Bertz CT molecular complexity index is 1360. The monoisotopic (exact) mass is 624 g/mol. The molecule has 0 unspecified atom stereocenters. The van der Waals surface area contributed by atoms with Gasteiger partial charge < -0.3 is 29.5 Å². The Balaban J connectivity index is 1.73. The number of ether oxygens (including phenoxy) is 3. The van der Waals surface area contributed by atoms with Gasteiger partial charge in [-0.3, -0.25) is 14.4 Å². The molecule has 0 heterocycles. The van der Waals surface area contributed by atoms with Crippen LogP contribution in [0.1, 0.15) is 84.3 Å². The molecule has 0 saturated carbocycles. The van der Waals surface area contributed by atoms with Crippen LogP contribution in [0, 0.1) is 0 Å². The highest BCUT2D eigenvalue weighted by Crippen LogP contribution is 2.44. The van der Waals surface area contributed by atoms with E-state index in [0.29, 0.717) is 0 Å². The molecule has 0 aromatic heterocycles. The number of esters is 2. The van der Waals surface area contributed by atoms with Crippen LogP contribution >= 0.6 is 0 Å². The van der Waals surface area contributed by atoms with E-state index in [1.807, 2.05) is 48.5 Å². The van der Waals surface area contributed by atoms with Gasteiger partial charge in [0.25, 0.3) is 0 Å². The van der Waals surface area contributed by atoms with Gasteiger partial charge in [0, 0.05) is 25.8 Å². The highest BCUT2D eigenvalue weighted by Gasteiger charge is 2.35. The lowest BCUT2D eigenvalue weighted by molar-refractivity contribution is -0.158. The molecule has 11 nitrogen and oxygen atoms in total. The Morgan fingerprint density at radius 1 is 0.800 bits per heavy atom. The van der Waals surface area contributed by atoms with Crippen molar-refractivity contribution in [3.63, 3.8) is 0 Å². The minimum atomic E-state index is -1.39. The molecule has 2 atom stereocenters. The molecule has 0 radical (unpaired) electrons. The lowest BCUT2D eigenvalue weighted by atomic mass is 9.98. The lowest BCUT2D eigenvalue weighted by Gasteiger charge is -2.29. The van der Waals surface area contributed by atoms with E-state index >= 15 is 0 Å². The van der Waals surface area contributed by atoms with Crippen LogP contribution in [0.25, 0.3) is 11.1 Å². The zero-order valence-corrected chi connectivity index (χ0v) is 27.0. The molecule has 1 aliphatic carbocycles. The van der Waals surface area contributed by atoms with Gasteiger partial charge in [-0.05, 0) is 76.6 Å². The first kappa shape index (κ1) is 35.1. The normalized spacial score (nSPS) is 13.9. The molecular weight excluding hydrogens is 580 g/mol. The number of alkyl carbamates (subject to hydrolysis) is 1. The molecule has 0 fully saturated rings. The standard InChI is InChI=1S/C34H44N2O9/c1-33(2,3)44-28(37)18-16-26(30(39)36(7)27(31(40)41)17-19-29(38)45-34(4,5)6)35-32(42)43-20-25-23-14-10-8-12-21(23)22-13-9-11-15-24(22)25/h8-15,25-27H,16-20H2,1-7H3,(H,35,42)(H,40,41)/t26-,27-/m0/s1. The van der Waals surface area contributed by atoms with Crippen molar-refractivity contribution >= 4 is 29.9 Å². The Morgan fingerprint density at radius 2 is 1.27 bits per heavy atom. The number of nitrogens with zero attached hydrogens (tertiary/aromatic N) is 1. The average Bonchev–Trinajstić information content (AvgIpc) is 3.25. The van der Waals surface area contributed by atoms with Crippen LogP contribution in [0.5, 0.6) is 0 Å². The summed E-state index contributed by atoms with van der Waals surface area (Å²) in [7, 11) is 1.27. The van der Waals surface area contributed by atoms with E-state index in [-0.39, 0.29) is 38.2 Å². The third-order valence-corrected chi connectivity index (χ3v) is 7.13. The van der Waals surface area contributed by atoms with Gasteiger partial charge in [-0.1, -0.05) is 48.5 Å². The van der Waals surface area contributed by atoms with E-state index in [0.717, 1.165) is 27.2 Å². The Kier molecular flexibility index (Phi) is 11.4. The number of amides is 2. The Morgan fingerprint density at radius 3 is 1.73 bits per heavy atom. The van der Waals surface area contributed by atoms with Crippen molar-refractivity contribution in [1.29, 1.82) is 0 Å². The number of carboxylic acid groups (broad SMARTS) is 1. The summed E-state index contributed by atoms with van der Waals surface area (Å²) >= 11 is 0. The summed E-state index contributed by atoms with van der Waals surface area (Å²) in [6.07, 6.45) is -1.74. The van der Waals surface area contributed by atoms with Crippen molar-refractivity contribution in [3.05, 3.63) is 59.7 Å². The van der Waals surface area contributed by atoms with Crippen LogP contribution in [0.3, 0.4) is 0 Å². The van der Waals surface area contributed by atoms with Crippen molar-refractivity contribution in [1.82, 2.24) is 10.2 Å². The fraction of sp³-hybridized carbons (Fsp3) is 0.500. The lowest BCUT2D eigenvalue weighted by Crippen LogP contribution is -2.52. The predicted octanol–water partition coefficient (Wildman–Crippen LogP) is 5.05. The van der Waals surface area contributed by atoms with E-state index in [2.05, 4.69) is 5.32 Å². The van der Waals surface area contributed by atoms with E-state index < -0.39 is 53.2 Å². The minimum absolute atomic E-state index is 0.00366. The highest BCUT2D eigenvalue weighted by molar-refractivity contribution is 5.90. The number of carbonyl (C=O) groups excluding carboxylic acids is 4. The van der Waals surface area contributed by atoms with E-state index in [9.17, 15) is 29.1 Å². The van der Waals surface area contributed by atoms with E-state index in [4.69, 9.17) is 14.2 Å². The summed E-state index contributed by atoms with van der Waals surface area (Å²) in [6, 6.07) is 13.0. The molecule has 11 heteroatoms. The van der Waals surface area contributed by atoms with Crippen molar-refractivity contribution in [2.45, 2.75) is 96.4 Å². The molecule has 0 saturated heterocycles. The number of aliphatic carboxylic acids is 1. The second-order valence-electron chi connectivity index (χ2n) is 13.1. The van der Waals surface area contributed by atoms with Crippen LogP contribution in [0.15, 0.2) is 48.5 Å². The number of carboxylic acids is 1. The van der Waals surface area contributed by atoms with Crippen molar-refractivity contribution < 1.29 is 43.3 Å². The summed E-state index contributed by atoms with van der Waals surface area (Å²) in [5, 5.41) is 12.4. The number of hydrogen-bond acceptors (Lipinski definition) is 8. The molecule has 2 N–H and O–H groups in total. The van der Waals surface area contributed by atoms with Gasteiger partial charge in [-0.25, -0.2) is 9.59 Å². The number of hydrogen-bond donors (Lipinski definition) is 2. The SMILES string of the molecule is CN(C(=O)[C@H](CCC(=O)OC(C)(C)C)NC(=O)OCC1c2ccccc2-c2ccccc21)[C@@H](CCC(=O)OC(C)(C)C)C(=O)O. The maximum Gasteiger partial charge on any atom is 0.407 e. The molecule has 0 aliphatic heterocycles. The van der Waals surface area contributed by atoms with Crippen LogP contribution in [-0.4, -0.2) is 76.9 Å². The molecule has 0 spiro atoms. The number of benzene rings is 2. The van der Waals surface area contributed by atoms with Crippen molar-refractivity contribution in [2.24, 2.45) is 0 Å². The molecule has 2 aromatic carbocycles. The quantitative estimate of drug-likeness (QED) is 0.244. The summed E-state index contributed by atoms with van der Waals surface area (Å²) in [5.74, 6) is -3.50. The van der Waals surface area contributed by atoms with Gasteiger partial charge in [-0.2, -0.15) is 0 Å². The van der Waals surface area contributed by atoms with Crippen LogP contribution < -0.4 is 5.32 Å². The fourth-order valence-corrected chi connectivity index (χ4v) is 5.22. The third-order valence-electron chi connectivity index (χ3n) is 7.13. The van der Waals surface area contributed by atoms with Gasteiger partial charge in [0.15, 0.2) is 0 Å². The largest absolute Gasteiger partial charge is 0.480 e. The number of carbonyl (C=O) groups is 5. The molecule has 1 aliphatic rings. The predicted molar refractivity (Wildman–Crippen MR) is 166 cm³/mol. The first-order chi connectivity index (χ1) is 21.0. The van der Waals surface area contributed by atoms with Gasteiger partial charge >= 0.3 is 24.0 Å². The van der Waals surface area contributed by atoms with Gasteiger partial charge in [-0.15, -0.1) is 0 Å². The molecule has 244 valence electrons. The molecule has 2 aromatic rings. The first-order valence-electron chi connectivity index (χ1n) is 15.0. The molecule has 45 heavy (non-hydrogen) atoms. The highest BCUT2D eigenvalue weighted by atomic mass is 16.6. The summed E-state index contributed by atoms with van der Waals surface area (Å²) in [6.45, 7) is 10.2.